The second-order valence-corrected chi connectivity index (χ2v) is 8.91. The minimum Gasteiger partial charge on any atom is -0.294 e. The molecule has 1 spiro atoms. The summed E-state index contributed by atoms with van der Waals surface area (Å²) in [5, 5.41) is 8.73. The van der Waals surface area contributed by atoms with Gasteiger partial charge in [-0.15, -0.1) is 0 Å². The van der Waals surface area contributed by atoms with Gasteiger partial charge in [0.15, 0.2) is 0 Å². The predicted molar refractivity (Wildman–Crippen MR) is 90.2 cm³/mol. The van der Waals surface area contributed by atoms with Crippen molar-refractivity contribution in [3.63, 3.8) is 0 Å². The fourth-order valence-corrected chi connectivity index (χ4v) is 6.30. The molecule has 1 aliphatic carbocycles. The van der Waals surface area contributed by atoms with Crippen LogP contribution >= 0.6 is 0 Å². The molecule has 0 unspecified atom stereocenters. The summed E-state index contributed by atoms with van der Waals surface area (Å²) in [6, 6.07) is 2.44. The molecule has 1 aromatic heterocycles. The lowest BCUT2D eigenvalue weighted by atomic mass is 9.74. The molecule has 1 saturated carbocycles. The first-order valence-corrected chi connectivity index (χ1v) is 10.1. The Bertz CT molecular complexity index is 676. The van der Waals surface area contributed by atoms with Crippen LogP contribution in [0, 0.1) is 5.41 Å². The molecular formula is C17H23N3O3S. The number of hydrogen-bond acceptors (Lipinski definition) is 5. The summed E-state index contributed by atoms with van der Waals surface area (Å²) in [6.45, 7) is 1.82. The highest BCUT2D eigenvalue weighted by atomic mass is 32.2. The molecule has 0 bridgehead atoms. The molecule has 1 amide bonds. The van der Waals surface area contributed by atoms with E-state index in [1.54, 1.807) is 5.48 Å². The maximum atomic E-state index is 11.5. The number of pyridine rings is 1. The number of hydrogen-bond donors (Lipinski definition) is 2. The largest absolute Gasteiger partial charge is 0.294 e. The molecule has 3 aliphatic rings. The van der Waals surface area contributed by atoms with Crippen LogP contribution in [0.15, 0.2) is 12.3 Å². The smallest absolute Gasteiger partial charge is 0.276 e. The Hall–Kier alpha value is -1.31. The van der Waals surface area contributed by atoms with E-state index in [0.717, 1.165) is 42.3 Å². The molecule has 2 aliphatic heterocycles. The van der Waals surface area contributed by atoms with Crippen molar-refractivity contribution in [1.82, 2.24) is 15.4 Å². The Labute approximate surface area is 144 Å². The van der Waals surface area contributed by atoms with Crippen LogP contribution in [0.1, 0.15) is 47.3 Å². The van der Waals surface area contributed by atoms with Gasteiger partial charge in [-0.25, -0.2) is 5.48 Å². The highest BCUT2D eigenvalue weighted by Gasteiger charge is 2.45. The zero-order valence-corrected chi connectivity index (χ0v) is 14.5. The normalized spacial score (nSPS) is 32.9. The summed E-state index contributed by atoms with van der Waals surface area (Å²) in [5.74, 6) is 1.32. The molecule has 0 atom stereocenters. The third kappa shape index (κ3) is 2.89. The van der Waals surface area contributed by atoms with Crippen LogP contribution in [0.5, 0.6) is 0 Å². The van der Waals surface area contributed by atoms with Gasteiger partial charge in [0.2, 0.25) is 0 Å². The first-order valence-electron chi connectivity index (χ1n) is 8.60. The molecule has 3 heterocycles. The third-order valence-electron chi connectivity index (χ3n) is 5.91. The van der Waals surface area contributed by atoms with E-state index in [4.69, 9.17) is 5.21 Å². The van der Waals surface area contributed by atoms with Gasteiger partial charge < -0.3 is 0 Å². The number of amides is 1. The zero-order chi connectivity index (χ0) is 16.7. The lowest BCUT2D eigenvalue weighted by Crippen LogP contribution is -2.51. The average Bonchev–Trinajstić information content (AvgIpc) is 2.59. The molecule has 2 fully saturated rings. The Morgan fingerprint density at radius 1 is 1.38 bits per heavy atom. The summed E-state index contributed by atoms with van der Waals surface area (Å²) in [6.07, 6.45) is 7.22. The lowest BCUT2D eigenvalue weighted by Gasteiger charge is -2.48. The zero-order valence-electron chi connectivity index (χ0n) is 13.7. The highest BCUT2D eigenvalue weighted by Crippen LogP contribution is 2.45. The lowest BCUT2D eigenvalue weighted by molar-refractivity contribution is 0.0705. The minimum atomic E-state index is -0.556. The quantitative estimate of drug-likeness (QED) is 0.620. The van der Waals surface area contributed by atoms with E-state index in [1.165, 1.54) is 31.9 Å². The summed E-state index contributed by atoms with van der Waals surface area (Å²) in [5.41, 5.74) is 4.60. The van der Waals surface area contributed by atoms with Gasteiger partial charge in [-0.3, -0.25) is 24.1 Å². The van der Waals surface area contributed by atoms with Gasteiger partial charge in [-0.2, -0.15) is 0 Å². The van der Waals surface area contributed by atoms with Gasteiger partial charge in [0.1, 0.15) is 0 Å². The third-order valence-corrected chi connectivity index (χ3v) is 7.78. The van der Waals surface area contributed by atoms with Gasteiger partial charge in [-0.05, 0) is 49.1 Å². The molecule has 7 heteroatoms. The van der Waals surface area contributed by atoms with Crippen molar-refractivity contribution in [3.05, 3.63) is 29.1 Å². The van der Waals surface area contributed by atoms with E-state index < -0.39 is 16.7 Å². The number of fused-ring (bicyclic) bond motifs is 1. The van der Waals surface area contributed by atoms with E-state index in [1.807, 2.05) is 6.07 Å². The molecule has 0 aromatic carbocycles. The van der Waals surface area contributed by atoms with E-state index in [2.05, 4.69) is 9.88 Å². The van der Waals surface area contributed by atoms with Gasteiger partial charge in [0.25, 0.3) is 5.91 Å². The first kappa shape index (κ1) is 16.2. The van der Waals surface area contributed by atoms with Crippen molar-refractivity contribution in [2.24, 2.45) is 5.41 Å². The molecule has 0 radical (unpaired) electrons. The summed E-state index contributed by atoms with van der Waals surface area (Å²) >= 11 is 0. The Kier molecular flexibility index (Phi) is 4.18. The van der Waals surface area contributed by atoms with Crippen molar-refractivity contribution in [3.8, 4) is 0 Å². The molecule has 1 saturated heterocycles. The minimum absolute atomic E-state index is 0.389. The maximum Gasteiger partial charge on any atom is 0.276 e. The maximum absolute atomic E-state index is 11.5. The van der Waals surface area contributed by atoms with Crippen LogP contribution in [-0.4, -0.2) is 49.3 Å². The predicted octanol–water partition coefficient (Wildman–Crippen LogP) is 1.25. The van der Waals surface area contributed by atoms with E-state index in [0.29, 0.717) is 17.0 Å². The molecule has 6 nitrogen and oxygen atoms in total. The van der Waals surface area contributed by atoms with Crippen molar-refractivity contribution in [1.29, 1.82) is 0 Å². The number of carbonyl (C=O) groups is 1. The van der Waals surface area contributed by atoms with Crippen LogP contribution < -0.4 is 5.48 Å². The fourth-order valence-electron chi connectivity index (χ4n) is 4.44. The number of hydroxylamine groups is 1. The van der Waals surface area contributed by atoms with Crippen molar-refractivity contribution >= 4 is 16.7 Å². The monoisotopic (exact) mass is 349 g/mol. The second kappa shape index (κ2) is 6.20. The first-order chi connectivity index (χ1) is 11.6. The summed E-state index contributed by atoms with van der Waals surface area (Å²) in [4.78, 5) is 18.5. The Balaban J connectivity index is 1.40. The van der Waals surface area contributed by atoms with Crippen LogP contribution in [0.25, 0.3) is 0 Å². The van der Waals surface area contributed by atoms with Crippen molar-refractivity contribution < 1.29 is 14.2 Å². The topological polar surface area (TPSA) is 82.5 Å². The van der Waals surface area contributed by atoms with E-state index in [9.17, 15) is 9.00 Å². The number of carbonyl (C=O) groups excluding carboxylic acids is 1. The van der Waals surface area contributed by atoms with E-state index in [-0.39, 0.29) is 0 Å². The van der Waals surface area contributed by atoms with Crippen molar-refractivity contribution in [2.75, 3.05) is 18.1 Å². The van der Waals surface area contributed by atoms with Gasteiger partial charge in [-0.1, -0.05) is 0 Å². The number of aromatic nitrogens is 1. The second-order valence-electron chi connectivity index (χ2n) is 7.45. The number of rotatable bonds is 2. The Morgan fingerprint density at radius 3 is 2.79 bits per heavy atom. The fraction of sp³-hybridized carbons (Fsp3) is 0.647. The van der Waals surface area contributed by atoms with Gasteiger partial charge >= 0.3 is 0 Å². The molecule has 24 heavy (non-hydrogen) atoms. The van der Waals surface area contributed by atoms with Gasteiger partial charge in [0.05, 0.1) is 11.3 Å². The Morgan fingerprint density at radius 2 is 2.12 bits per heavy atom. The molecule has 4 rings (SSSR count). The van der Waals surface area contributed by atoms with Crippen LogP contribution in [0.3, 0.4) is 0 Å². The highest BCUT2D eigenvalue weighted by molar-refractivity contribution is 7.86. The SMILES string of the molecule is O=C(NO)c1cnc2c(c1)CCN(C1CCC3(CC1)CS(=O)C3)C2. The van der Waals surface area contributed by atoms with Crippen molar-refractivity contribution in [2.45, 2.75) is 44.7 Å². The van der Waals surface area contributed by atoms with Crippen LogP contribution in [0.2, 0.25) is 0 Å². The van der Waals surface area contributed by atoms with Crippen LogP contribution in [0.4, 0.5) is 0 Å². The van der Waals surface area contributed by atoms with Gasteiger partial charge in [0, 0.05) is 47.6 Å². The number of nitrogens with one attached hydrogen (secondary N) is 1. The summed E-state index contributed by atoms with van der Waals surface area (Å²) in [7, 11) is -0.556. The standard InChI is InChI=1S/C17H23N3O3S/c21-16(19-22)13-7-12-3-6-20(9-15(12)18-8-13)14-1-4-17(5-2-14)10-24(23)11-17/h7-8,14,22H,1-6,9-11H2,(H,19,21). The summed E-state index contributed by atoms with van der Waals surface area (Å²) < 4.78 is 11.4. The average molecular weight is 349 g/mol. The van der Waals surface area contributed by atoms with E-state index >= 15 is 0 Å². The van der Waals surface area contributed by atoms with Crippen LogP contribution in [-0.2, 0) is 23.8 Å². The molecular weight excluding hydrogens is 326 g/mol. The number of nitrogens with zero attached hydrogens (tertiary/aromatic N) is 2. The molecule has 1 aromatic rings. The molecule has 130 valence electrons. The molecule has 2 N–H and O–H groups in total.